The van der Waals surface area contributed by atoms with Crippen LogP contribution in [0.15, 0.2) is 71.0 Å². The summed E-state index contributed by atoms with van der Waals surface area (Å²) in [4.78, 5) is 42.1. The number of carbonyl (C=O) groups is 2. The second-order valence-corrected chi connectivity index (χ2v) is 8.03. The lowest BCUT2D eigenvalue weighted by atomic mass is 10.1. The number of amides is 1. The minimum atomic E-state index is -0.616. The molecule has 0 aliphatic heterocycles. The Kier molecular flexibility index (Phi) is 6.80. The molecule has 0 fully saturated rings. The Hall–Kier alpha value is -3.98. The van der Waals surface area contributed by atoms with Crippen molar-refractivity contribution >= 4 is 33.9 Å². The zero-order valence-electron chi connectivity index (χ0n) is 17.8. The number of rotatable bonds is 8. The molecule has 2 aromatic heterocycles. The van der Waals surface area contributed by atoms with Crippen LogP contribution in [0.4, 0.5) is 5.69 Å². The van der Waals surface area contributed by atoms with Crippen LogP contribution in [0, 0.1) is 0 Å². The van der Waals surface area contributed by atoms with Gasteiger partial charge < -0.3 is 14.8 Å². The first-order chi connectivity index (χ1) is 16.0. The van der Waals surface area contributed by atoms with E-state index in [0.29, 0.717) is 22.8 Å². The third-order valence-electron chi connectivity index (χ3n) is 4.93. The zero-order chi connectivity index (χ0) is 23.2. The number of methoxy groups -OCH3 is 1. The van der Waals surface area contributed by atoms with E-state index in [0.717, 1.165) is 11.3 Å². The summed E-state index contributed by atoms with van der Waals surface area (Å²) in [6.45, 7) is -0.151. The lowest BCUT2D eigenvalue weighted by Gasteiger charge is -2.11. The van der Waals surface area contributed by atoms with E-state index >= 15 is 0 Å². The largest absolute Gasteiger partial charge is 0.497 e. The zero-order valence-corrected chi connectivity index (χ0v) is 18.6. The van der Waals surface area contributed by atoms with Crippen molar-refractivity contribution < 1.29 is 19.1 Å². The third kappa shape index (κ3) is 5.45. The van der Waals surface area contributed by atoms with Gasteiger partial charge in [-0.25, -0.2) is 9.78 Å². The number of fused-ring (bicyclic) bond motifs is 1. The SMILES string of the molecule is COc1ccc(CCC(=O)Nc2ccccc2C(=O)OCc2cc(=O)n3ccsc3n2)cc1. The molecule has 0 radical (unpaired) electrons. The highest BCUT2D eigenvalue weighted by Gasteiger charge is 2.15. The molecule has 4 rings (SSSR count). The fourth-order valence-electron chi connectivity index (χ4n) is 3.21. The number of nitrogens with zero attached hydrogens (tertiary/aromatic N) is 2. The van der Waals surface area contributed by atoms with E-state index in [4.69, 9.17) is 9.47 Å². The van der Waals surface area contributed by atoms with E-state index in [-0.39, 0.29) is 30.1 Å². The predicted octanol–water partition coefficient (Wildman–Crippen LogP) is 3.69. The monoisotopic (exact) mass is 463 g/mol. The fourth-order valence-corrected chi connectivity index (χ4v) is 3.95. The molecule has 1 amide bonds. The molecule has 0 atom stereocenters. The van der Waals surface area contributed by atoms with Gasteiger partial charge in [0, 0.05) is 24.1 Å². The van der Waals surface area contributed by atoms with Gasteiger partial charge in [0.1, 0.15) is 12.4 Å². The average molecular weight is 464 g/mol. The van der Waals surface area contributed by atoms with Crippen LogP contribution in [0.3, 0.4) is 0 Å². The number of anilines is 1. The van der Waals surface area contributed by atoms with Gasteiger partial charge in [0.05, 0.1) is 24.1 Å². The van der Waals surface area contributed by atoms with E-state index in [2.05, 4.69) is 10.3 Å². The second-order valence-electron chi connectivity index (χ2n) is 7.16. The van der Waals surface area contributed by atoms with Crippen LogP contribution in [0.2, 0.25) is 0 Å². The summed E-state index contributed by atoms with van der Waals surface area (Å²) in [5.41, 5.74) is 1.71. The molecule has 168 valence electrons. The highest BCUT2D eigenvalue weighted by molar-refractivity contribution is 7.15. The lowest BCUT2D eigenvalue weighted by molar-refractivity contribution is -0.116. The van der Waals surface area contributed by atoms with E-state index in [1.165, 1.54) is 21.8 Å². The topological polar surface area (TPSA) is 99.0 Å². The number of ether oxygens (including phenoxy) is 2. The predicted molar refractivity (Wildman–Crippen MR) is 125 cm³/mol. The number of aromatic nitrogens is 2. The number of thiazole rings is 1. The molecule has 1 N–H and O–H groups in total. The summed E-state index contributed by atoms with van der Waals surface area (Å²) in [7, 11) is 1.60. The number of carbonyl (C=O) groups excluding carboxylic acids is 2. The Balaban J connectivity index is 1.37. The van der Waals surface area contributed by atoms with Crippen molar-refractivity contribution in [2.45, 2.75) is 19.4 Å². The van der Waals surface area contributed by atoms with Crippen molar-refractivity contribution in [1.29, 1.82) is 0 Å². The molecule has 0 saturated carbocycles. The number of benzene rings is 2. The van der Waals surface area contributed by atoms with Crippen LogP contribution in [0.1, 0.15) is 28.0 Å². The van der Waals surface area contributed by atoms with Gasteiger partial charge in [-0.1, -0.05) is 24.3 Å². The molecule has 2 heterocycles. The number of nitrogens with one attached hydrogen (secondary N) is 1. The Morgan fingerprint density at radius 1 is 1.12 bits per heavy atom. The van der Waals surface area contributed by atoms with Gasteiger partial charge in [-0.2, -0.15) is 0 Å². The van der Waals surface area contributed by atoms with Crippen LogP contribution in [0.5, 0.6) is 5.75 Å². The minimum absolute atomic E-state index is 0.151. The first-order valence-electron chi connectivity index (χ1n) is 10.2. The van der Waals surface area contributed by atoms with E-state index in [1.807, 2.05) is 24.3 Å². The van der Waals surface area contributed by atoms with Gasteiger partial charge in [0.2, 0.25) is 5.91 Å². The van der Waals surface area contributed by atoms with Gasteiger partial charge in [0.25, 0.3) is 5.56 Å². The molecular formula is C24H21N3O5S. The fraction of sp³-hybridized carbons (Fsp3) is 0.167. The van der Waals surface area contributed by atoms with Crippen molar-refractivity contribution in [3.05, 3.63) is 93.3 Å². The van der Waals surface area contributed by atoms with Crippen molar-refractivity contribution in [2.75, 3.05) is 12.4 Å². The van der Waals surface area contributed by atoms with Gasteiger partial charge in [0.15, 0.2) is 4.96 Å². The Morgan fingerprint density at radius 3 is 2.70 bits per heavy atom. The number of aryl methyl sites for hydroxylation is 1. The summed E-state index contributed by atoms with van der Waals surface area (Å²) in [6, 6.07) is 15.5. The molecule has 0 bridgehead atoms. The Labute approximate surface area is 193 Å². The molecule has 0 unspecified atom stereocenters. The molecule has 33 heavy (non-hydrogen) atoms. The number of hydrogen-bond acceptors (Lipinski definition) is 7. The van der Waals surface area contributed by atoms with Gasteiger partial charge in [-0.15, -0.1) is 11.3 Å². The highest BCUT2D eigenvalue weighted by atomic mass is 32.1. The summed E-state index contributed by atoms with van der Waals surface area (Å²) in [5.74, 6) is -0.0792. The van der Waals surface area contributed by atoms with E-state index in [1.54, 1.807) is 43.0 Å². The van der Waals surface area contributed by atoms with Crippen LogP contribution >= 0.6 is 11.3 Å². The van der Waals surface area contributed by atoms with Crippen molar-refractivity contribution in [3.8, 4) is 5.75 Å². The van der Waals surface area contributed by atoms with Crippen molar-refractivity contribution in [2.24, 2.45) is 0 Å². The van der Waals surface area contributed by atoms with Crippen molar-refractivity contribution in [1.82, 2.24) is 9.38 Å². The lowest BCUT2D eigenvalue weighted by Crippen LogP contribution is -2.17. The summed E-state index contributed by atoms with van der Waals surface area (Å²) < 4.78 is 11.9. The maximum atomic E-state index is 12.7. The maximum absolute atomic E-state index is 12.7. The first-order valence-corrected chi connectivity index (χ1v) is 11.1. The molecule has 0 aliphatic rings. The second kappa shape index (κ2) is 10.1. The van der Waals surface area contributed by atoms with E-state index in [9.17, 15) is 14.4 Å². The summed E-state index contributed by atoms with van der Waals surface area (Å²) >= 11 is 1.32. The standard InChI is InChI=1S/C24H21N3O5S/c1-31-18-9-6-16(7-10-18)8-11-21(28)26-20-5-3-2-4-19(20)23(30)32-15-17-14-22(29)27-12-13-33-24(27)25-17/h2-7,9-10,12-14H,8,11,15H2,1H3,(H,26,28). The molecule has 0 aliphatic carbocycles. The van der Waals surface area contributed by atoms with Gasteiger partial charge in [-0.05, 0) is 36.2 Å². The molecule has 9 heteroatoms. The van der Waals surface area contributed by atoms with Crippen LogP contribution in [0.25, 0.3) is 4.96 Å². The Bertz CT molecular complexity index is 1340. The highest BCUT2D eigenvalue weighted by Crippen LogP contribution is 2.18. The summed E-state index contributed by atoms with van der Waals surface area (Å²) in [6.07, 6.45) is 2.44. The number of para-hydroxylation sites is 1. The van der Waals surface area contributed by atoms with Crippen LogP contribution in [-0.4, -0.2) is 28.4 Å². The first kappa shape index (κ1) is 22.2. The average Bonchev–Trinajstić information content (AvgIpc) is 3.31. The molecule has 8 nitrogen and oxygen atoms in total. The normalized spacial score (nSPS) is 10.7. The van der Waals surface area contributed by atoms with Crippen LogP contribution < -0.4 is 15.6 Å². The summed E-state index contributed by atoms with van der Waals surface area (Å²) in [5, 5.41) is 4.54. The molecular weight excluding hydrogens is 442 g/mol. The minimum Gasteiger partial charge on any atom is -0.497 e. The quantitative estimate of drug-likeness (QED) is 0.400. The van der Waals surface area contributed by atoms with Gasteiger partial charge in [-0.3, -0.25) is 14.0 Å². The van der Waals surface area contributed by atoms with Crippen LogP contribution in [-0.2, 0) is 22.6 Å². The van der Waals surface area contributed by atoms with E-state index < -0.39 is 5.97 Å². The Morgan fingerprint density at radius 2 is 1.91 bits per heavy atom. The molecule has 2 aromatic carbocycles. The smallest absolute Gasteiger partial charge is 0.340 e. The third-order valence-corrected chi connectivity index (χ3v) is 5.68. The van der Waals surface area contributed by atoms with Gasteiger partial charge >= 0.3 is 5.97 Å². The molecule has 0 spiro atoms. The molecule has 0 saturated heterocycles. The number of hydrogen-bond donors (Lipinski definition) is 1. The van der Waals surface area contributed by atoms with Crippen molar-refractivity contribution in [3.63, 3.8) is 0 Å². The number of esters is 1. The molecule has 4 aromatic rings. The maximum Gasteiger partial charge on any atom is 0.340 e.